The van der Waals surface area contributed by atoms with Gasteiger partial charge in [0, 0.05) is 17.7 Å². The van der Waals surface area contributed by atoms with Gasteiger partial charge in [-0.25, -0.2) is 0 Å². The van der Waals surface area contributed by atoms with Crippen LogP contribution in [0.5, 0.6) is 5.75 Å². The van der Waals surface area contributed by atoms with Gasteiger partial charge in [0.2, 0.25) is 0 Å². The molecule has 0 spiro atoms. The summed E-state index contributed by atoms with van der Waals surface area (Å²) in [5, 5.41) is 3.21. The first kappa shape index (κ1) is 13.7. The standard InChI is InChI=1S/C16H21NO2/c1-3-19-15-10-5-4-9-14(15)17-11-13-8-6-7-12(2)16(13)18/h4-5,9-12,17H,3,6-8H2,1-2H3/b13-11-/t12-/m0/s1. The number of anilines is 1. The van der Waals surface area contributed by atoms with E-state index in [0.29, 0.717) is 6.61 Å². The number of hydrogen-bond donors (Lipinski definition) is 1. The third-order valence-corrected chi connectivity index (χ3v) is 3.44. The second-order valence-electron chi connectivity index (χ2n) is 4.90. The molecule has 1 saturated carbocycles. The van der Waals surface area contributed by atoms with Crippen molar-refractivity contribution >= 4 is 11.5 Å². The fraction of sp³-hybridized carbons (Fsp3) is 0.438. The average Bonchev–Trinajstić information content (AvgIpc) is 2.42. The van der Waals surface area contributed by atoms with Crippen molar-refractivity contribution in [2.24, 2.45) is 5.92 Å². The van der Waals surface area contributed by atoms with Crippen molar-refractivity contribution in [1.82, 2.24) is 0 Å². The lowest BCUT2D eigenvalue weighted by Crippen LogP contribution is -2.19. The number of Topliss-reactive ketones (excluding diaryl/α,β-unsaturated/α-hetero) is 1. The summed E-state index contributed by atoms with van der Waals surface area (Å²) < 4.78 is 5.55. The van der Waals surface area contributed by atoms with Gasteiger partial charge in [0.15, 0.2) is 5.78 Å². The van der Waals surface area contributed by atoms with Crippen LogP contribution in [0.4, 0.5) is 5.69 Å². The SMILES string of the molecule is CCOc1ccccc1N/C=C1/CCC[C@H](C)C1=O. The molecule has 1 aliphatic carbocycles. The number of allylic oxidation sites excluding steroid dienone is 1. The molecule has 1 fully saturated rings. The molecule has 0 bridgehead atoms. The van der Waals surface area contributed by atoms with Gasteiger partial charge in [-0.2, -0.15) is 0 Å². The fourth-order valence-electron chi connectivity index (χ4n) is 2.34. The molecule has 19 heavy (non-hydrogen) atoms. The highest BCUT2D eigenvalue weighted by Gasteiger charge is 2.22. The summed E-state index contributed by atoms with van der Waals surface area (Å²) in [7, 11) is 0. The fourth-order valence-corrected chi connectivity index (χ4v) is 2.34. The Kier molecular flexibility index (Phi) is 4.61. The van der Waals surface area contributed by atoms with Gasteiger partial charge in [-0.15, -0.1) is 0 Å². The number of ketones is 1. The van der Waals surface area contributed by atoms with Gasteiger partial charge in [-0.1, -0.05) is 19.1 Å². The maximum atomic E-state index is 12.0. The van der Waals surface area contributed by atoms with Crippen LogP contribution >= 0.6 is 0 Å². The first-order chi connectivity index (χ1) is 9.22. The Morgan fingerprint density at radius 3 is 3.00 bits per heavy atom. The summed E-state index contributed by atoms with van der Waals surface area (Å²) in [6.07, 6.45) is 4.81. The van der Waals surface area contributed by atoms with Gasteiger partial charge in [-0.3, -0.25) is 4.79 Å². The zero-order valence-electron chi connectivity index (χ0n) is 11.6. The Morgan fingerprint density at radius 2 is 2.21 bits per heavy atom. The molecule has 0 aromatic heterocycles. The predicted octanol–water partition coefficient (Wildman–Crippen LogP) is 3.77. The van der Waals surface area contributed by atoms with Crippen LogP contribution in [0, 0.1) is 5.92 Å². The van der Waals surface area contributed by atoms with Crippen molar-refractivity contribution in [3.05, 3.63) is 36.0 Å². The summed E-state index contributed by atoms with van der Waals surface area (Å²) in [6.45, 7) is 4.59. The van der Waals surface area contributed by atoms with Crippen LogP contribution in [-0.4, -0.2) is 12.4 Å². The van der Waals surface area contributed by atoms with Crippen LogP contribution < -0.4 is 10.1 Å². The number of ether oxygens (including phenoxy) is 1. The molecule has 3 heteroatoms. The van der Waals surface area contributed by atoms with Gasteiger partial charge < -0.3 is 10.1 Å². The van der Waals surface area contributed by atoms with E-state index in [1.165, 1.54) is 0 Å². The number of carbonyl (C=O) groups excluding carboxylic acids is 1. The van der Waals surface area contributed by atoms with Crippen molar-refractivity contribution in [3.8, 4) is 5.75 Å². The second kappa shape index (κ2) is 6.41. The van der Waals surface area contributed by atoms with E-state index in [-0.39, 0.29) is 11.7 Å². The van der Waals surface area contributed by atoms with Crippen molar-refractivity contribution in [3.63, 3.8) is 0 Å². The van der Waals surface area contributed by atoms with E-state index < -0.39 is 0 Å². The summed E-state index contributed by atoms with van der Waals surface area (Å²) in [4.78, 5) is 12.0. The van der Waals surface area contributed by atoms with Gasteiger partial charge in [-0.05, 0) is 38.3 Å². The molecule has 1 aliphatic rings. The molecule has 0 saturated heterocycles. The molecule has 1 aromatic carbocycles. The largest absolute Gasteiger partial charge is 0.492 e. The maximum absolute atomic E-state index is 12.0. The summed E-state index contributed by atoms with van der Waals surface area (Å²) >= 11 is 0. The Balaban J connectivity index is 2.11. The predicted molar refractivity (Wildman–Crippen MR) is 77.3 cm³/mol. The average molecular weight is 259 g/mol. The Bertz CT molecular complexity index is 479. The minimum Gasteiger partial charge on any atom is -0.492 e. The Labute approximate surface area is 114 Å². The molecule has 0 heterocycles. The second-order valence-corrected chi connectivity index (χ2v) is 4.90. The molecule has 2 rings (SSSR count). The van der Waals surface area contributed by atoms with E-state index in [4.69, 9.17) is 4.74 Å². The molecule has 3 nitrogen and oxygen atoms in total. The number of carbonyl (C=O) groups is 1. The first-order valence-electron chi connectivity index (χ1n) is 6.94. The summed E-state index contributed by atoms with van der Waals surface area (Å²) in [6, 6.07) is 7.78. The normalized spacial score (nSPS) is 21.5. The molecule has 0 aliphatic heterocycles. The molecular weight excluding hydrogens is 238 g/mol. The highest BCUT2D eigenvalue weighted by Crippen LogP contribution is 2.27. The van der Waals surface area contributed by atoms with Crippen LogP contribution in [0.1, 0.15) is 33.1 Å². The molecule has 0 unspecified atom stereocenters. The van der Waals surface area contributed by atoms with Crippen molar-refractivity contribution < 1.29 is 9.53 Å². The third-order valence-electron chi connectivity index (χ3n) is 3.44. The molecular formula is C16H21NO2. The topological polar surface area (TPSA) is 38.3 Å². The lowest BCUT2D eigenvalue weighted by Gasteiger charge is -2.19. The lowest BCUT2D eigenvalue weighted by atomic mass is 9.86. The van der Waals surface area contributed by atoms with Crippen LogP contribution in [0.25, 0.3) is 0 Å². The van der Waals surface area contributed by atoms with E-state index >= 15 is 0 Å². The number of benzene rings is 1. The van der Waals surface area contributed by atoms with Crippen molar-refractivity contribution in [1.29, 1.82) is 0 Å². The number of nitrogens with one attached hydrogen (secondary N) is 1. The molecule has 0 amide bonds. The smallest absolute Gasteiger partial charge is 0.163 e. The molecule has 102 valence electrons. The van der Waals surface area contributed by atoms with E-state index in [2.05, 4.69) is 5.32 Å². The van der Waals surface area contributed by atoms with E-state index in [1.807, 2.05) is 44.3 Å². The van der Waals surface area contributed by atoms with E-state index in [0.717, 1.165) is 36.3 Å². The Hall–Kier alpha value is -1.77. The maximum Gasteiger partial charge on any atom is 0.163 e. The van der Waals surface area contributed by atoms with Crippen LogP contribution in [0.3, 0.4) is 0 Å². The minimum atomic E-state index is 0.156. The summed E-state index contributed by atoms with van der Waals surface area (Å²) in [5.74, 6) is 1.25. The molecule has 1 aromatic rings. The Morgan fingerprint density at radius 1 is 1.42 bits per heavy atom. The minimum absolute atomic E-state index is 0.156. The van der Waals surface area contributed by atoms with E-state index in [9.17, 15) is 4.79 Å². The third kappa shape index (κ3) is 3.37. The van der Waals surface area contributed by atoms with E-state index in [1.54, 1.807) is 0 Å². The lowest BCUT2D eigenvalue weighted by molar-refractivity contribution is -0.119. The zero-order chi connectivity index (χ0) is 13.7. The number of para-hydroxylation sites is 2. The highest BCUT2D eigenvalue weighted by atomic mass is 16.5. The first-order valence-corrected chi connectivity index (χ1v) is 6.94. The number of rotatable bonds is 4. The van der Waals surface area contributed by atoms with Gasteiger partial charge >= 0.3 is 0 Å². The van der Waals surface area contributed by atoms with Gasteiger partial charge in [0.1, 0.15) is 5.75 Å². The molecule has 1 N–H and O–H groups in total. The van der Waals surface area contributed by atoms with Crippen LogP contribution in [0.2, 0.25) is 0 Å². The van der Waals surface area contributed by atoms with Crippen molar-refractivity contribution in [2.45, 2.75) is 33.1 Å². The number of hydrogen-bond acceptors (Lipinski definition) is 3. The van der Waals surface area contributed by atoms with Gasteiger partial charge in [0.25, 0.3) is 0 Å². The molecule has 1 atom stereocenters. The van der Waals surface area contributed by atoms with Crippen LogP contribution in [-0.2, 0) is 4.79 Å². The van der Waals surface area contributed by atoms with Crippen LogP contribution in [0.15, 0.2) is 36.0 Å². The zero-order valence-corrected chi connectivity index (χ0v) is 11.6. The quantitative estimate of drug-likeness (QED) is 0.836. The molecule has 0 radical (unpaired) electrons. The highest BCUT2D eigenvalue weighted by molar-refractivity contribution is 5.97. The van der Waals surface area contributed by atoms with Gasteiger partial charge in [0.05, 0.1) is 12.3 Å². The monoisotopic (exact) mass is 259 g/mol. The summed E-state index contributed by atoms with van der Waals surface area (Å²) in [5.41, 5.74) is 1.80. The van der Waals surface area contributed by atoms with Crippen molar-refractivity contribution in [2.75, 3.05) is 11.9 Å².